The number of carbonyl (C=O) groups excluding carboxylic acids is 1. The summed E-state index contributed by atoms with van der Waals surface area (Å²) < 4.78 is 5.24. The Bertz CT molecular complexity index is 564. The van der Waals surface area contributed by atoms with Crippen molar-refractivity contribution in [1.82, 2.24) is 4.90 Å². The summed E-state index contributed by atoms with van der Waals surface area (Å²) in [5.41, 5.74) is 0.721. The molecule has 0 aromatic heterocycles. The van der Waals surface area contributed by atoms with Gasteiger partial charge in [-0.3, -0.25) is 9.59 Å². The Balaban J connectivity index is 2.58. The van der Waals surface area contributed by atoms with Crippen LogP contribution < -0.4 is 10.1 Å². The fourth-order valence-electron chi connectivity index (χ4n) is 2.27. The van der Waals surface area contributed by atoms with E-state index in [-0.39, 0.29) is 31.2 Å². The van der Waals surface area contributed by atoms with Gasteiger partial charge in [0.2, 0.25) is 5.91 Å². The summed E-state index contributed by atoms with van der Waals surface area (Å²) in [5, 5.41) is 12.5. The molecule has 1 rings (SSSR count). The number of nitrogens with one attached hydrogen (secondary N) is 1. The number of benzene rings is 1. The first-order chi connectivity index (χ1) is 11.3. The zero-order valence-corrected chi connectivity index (χ0v) is 15.1. The molecule has 1 amide bonds. The number of carboxylic acid groups (broad SMARTS) is 1. The largest absolute Gasteiger partial charge is 0.495 e. The number of rotatable bonds is 10. The third-order valence-electron chi connectivity index (χ3n) is 3.35. The van der Waals surface area contributed by atoms with Gasteiger partial charge in [-0.15, -0.1) is 0 Å². The third-order valence-corrected chi connectivity index (χ3v) is 3.58. The van der Waals surface area contributed by atoms with Gasteiger partial charge in [0, 0.05) is 31.1 Å². The first-order valence-corrected chi connectivity index (χ1v) is 8.28. The van der Waals surface area contributed by atoms with Gasteiger partial charge in [-0.2, -0.15) is 0 Å². The van der Waals surface area contributed by atoms with E-state index in [1.54, 1.807) is 30.2 Å². The zero-order valence-electron chi connectivity index (χ0n) is 14.3. The van der Waals surface area contributed by atoms with Gasteiger partial charge in [0.05, 0.1) is 19.2 Å². The average molecular weight is 357 g/mol. The van der Waals surface area contributed by atoms with Crippen LogP contribution in [0.25, 0.3) is 0 Å². The molecule has 0 fully saturated rings. The molecule has 24 heavy (non-hydrogen) atoms. The first kappa shape index (κ1) is 20.1. The molecule has 0 bridgehead atoms. The summed E-state index contributed by atoms with van der Waals surface area (Å²) in [6, 6.07) is 5.22. The van der Waals surface area contributed by atoms with E-state index in [9.17, 15) is 9.59 Å². The van der Waals surface area contributed by atoms with Crippen LogP contribution in [0.3, 0.4) is 0 Å². The van der Waals surface area contributed by atoms with Crippen molar-refractivity contribution in [1.29, 1.82) is 0 Å². The monoisotopic (exact) mass is 356 g/mol. The second-order valence-electron chi connectivity index (χ2n) is 5.90. The molecule has 0 aliphatic carbocycles. The van der Waals surface area contributed by atoms with Crippen LogP contribution in [0.2, 0.25) is 5.02 Å². The van der Waals surface area contributed by atoms with E-state index < -0.39 is 5.97 Å². The second-order valence-corrected chi connectivity index (χ2v) is 6.34. The summed E-state index contributed by atoms with van der Waals surface area (Å²) in [5.74, 6) is -0.0442. The lowest BCUT2D eigenvalue weighted by Crippen LogP contribution is -2.36. The molecule has 0 radical (unpaired) electrons. The van der Waals surface area contributed by atoms with Crippen LogP contribution in [0.15, 0.2) is 18.2 Å². The van der Waals surface area contributed by atoms with E-state index >= 15 is 0 Å². The number of methoxy groups -OCH3 is 1. The van der Waals surface area contributed by atoms with Crippen molar-refractivity contribution in [3.8, 4) is 5.75 Å². The molecule has 6 nitrogen and oxygen atoms in total. The molecule has 0 aliphatic heterocycles. The van der Waals surface area contributed by atoms with Crippen molar-refractivity contribution in [3.63, 3.8) is 0 Å². The summed E-state index contributed by atoms with van der Waals surface area (Å²) in [6.45, 7) is 5.18. The van der Waals surface area contributed by atoms with Crippen LogP contribution in [0, 0.1) is 5.92 Å². The zero-order chi connectivity index (χ0) is 18.1. The molecule has 0 atom stereocenters. The SMILES string of the molecule is COc1ccc(Cl)cc1NCCC(=O)N(CCC(=O)O)CC(C)C. The minimum absolute atomic E-state index is 0.0476. The van der Waals surface area contributed by atoms with Gasteiger partial charge < -0.3 is 20.1 Å². The molecule has 2 N–H and O–H groups in total. The number of carboxylic acids is 1. The van der Waals surface area contributed by atoms with Gasteiger partial charge in [0.15, 0.2) is 0 Å². The highest BCUT2D eigenvalue weighted by molar-refractivity contribution is 6.30. The summed E-state index contributed by atoms with van der Waals surface area (Å²) in [7, 11) is 1.57. The van der Waals surface area contributed by atoms with Crippen molar-refractivity contribution < 1.29 is 19.4 Å². The average Bonchev–Trinajstić information content (AvgIpc) is 2.51. The number of carbonyl (C=O) groups is 2. The van der Waals surface area contributed by atoms with E-state index in [0.29, 0.717) is 23.9 Å². The molecule has 0 heterocycles. The lowest BCUT2D eigenvalue weighted by Gasteiger charge is -2.24. The molecule has 0 saturated heterocycles. The lowest BCUT2D eigenvalue weighted by molar-refractivity contribution is -0.138. The minimum atomic E-state index is -0.904. The molecule has 1 aromatic carbocycles. The standard InChI is InChI=1S/C17H25ClN2O4/c1-12(2)11-20(9-7-17(22)23)16(21)6-8-19-14-10-13(18)4-5-15(14)24-3/h4-5,10,12,19H,6-9,11H2,1-3H3,(H,22,23). The van der Waals surface area contributed by atoms with Crippen LogP contribution in [0.5, 0.6) is 5.75 Å². The molecule has 134 valence electrons. The maximum absolute atomic E-state index is 12.3. The van der Waals surface area contributed by atoms with Gasteiger partial charge in [0.1, 0.15) is 5.75 Å². The number of anilines is 1. The highest BCUT2D eigenvalue weighted by atomic mass is 35.5. The maximum atomic E-state index is 12.3. The number of hydrogen-bond donors (Lipinski definition) is 2. The highest BCUT2D eigenvalue weighted by Crippen LogP contribution is 2.27. The van der Waals surface area contributed by atoms with Gasteiger partial charge in [-0.25, -0.2) is 0 Å². The van der Waals surface area contributed by atoms with Gasteiger partial charge >= 0.3 is 5.97 Å². The summed E-state index contributed by atoms with van der Waals surface area (Å²) in [6.07, 6.45) is 0.218. The quantitative estimate of drug-likeness (QED) is 0.673. The summed E-state index contributed by atoms with van der Waals surface area (Å²) in [4.78, 5) is 24.7. The Morgan fingerprint density at radius 3 is 2.62 bits per heavy atom. The molecule has 0 spiro atoms. The molecular formula is C17H25ClN2O4. The third kappa shape index (κ3) is 7.08. The number of halogens is 1. The van der Waals surface area contributed by atoms with Crippen molar-refractivity contribution in [2.75, 3.05) is 32.1 Å². The Morgan fingerprint density at radius 2 is 2.04 bits per heavy atom. The Hall–Kier alpha value is -1.95. The van der Waals surface area contributed by atoms with Gasteiger partial charge in [-0.05, 0) is 24.1 Å². The molecule has 0 aliphatic rings. The molecule has 1 aromatic rings. The number of ether oxygens (including phenoxy) is 1. The molecule has 0 unspecified atom stereocenters. The van der Waals surface area contributed by atoms with E-state index in [4.69, 9.17) is 21.4 Å². The van der Waals surface area contributed by atoms with Gasteiger partial charge in [0.25, 0.3) is 0 Å². The number of nitrogens with zero attached hydrogens (tertiary/aromatic N) is 1. The van der Waals surface area contributed by atoms with Crippen molar-refractivity contribution >= 4 is 29.2 Å². The van der Waals surface area contributed by atoms with Crippen LogP contribution in [-0.4, -0.2) is 48.6 Å². The van der Waals surface area contributed by atoms with E-state index in [1.165, 1.54) is 0 Å². The first-order valence-electron chi connectivity index (χ1n) is 7.90. The molecular weight excluding hydrogens is 332 g/mol. The number of amides is 1. The smallest absolute Gasteiger partial charge is 0.305 e. The maximum Gasteiger partial charge on any atom is 0.305 e. The number of hydrogen-bond acceptors (Lipinski definition) is 4. The fraction of sp³-hybridized carbons (Fsp3) is 0.529. The van der Waals surface area contributed by atoms with E-state index in [1.807, 2.05) is 13.8 Å². The van der Waals surface area contributed by atoms with E-state index in [0.717, 1.165) is 5.69 Å². The van der Waals surface area contributed by atoms with Crippen LogP contribution >= 0.6 is 11.6 Å². The Kier molecular flexibility index (Phi) is 8.40. The topological polar surface area (TPSA) is 78.9 Å². The normalized spacial score (nSPS) is 10.5. The van der Waals surface area contributed by atoms with Crippen molar-refractivity contribution in [3.05, 3.63) is 23.2 Å². The van der Waals surface area contributed by atoms with Crippen LogP contribution in [0.1, 0.15) is 26.7 Å². The molecule has 7 heteroatoms. The van der Waals surface area contributed by atoms with Crippen LogP contribution in [0.4, 0.5) is 5.69 Å². The second kappa shape index (κ2) is 10.0. The minimum Gasteiger partial charge on any atom is -0.495 e. The fourth-order valence-corrected chi connectivity index (χ4v) is 2.44. The lowest BCUT2D eigenvalue weighted by atomic mass is 10.2. The predicted octanol–water partition coefficient (Wildman–Crippen LogP) is 3.11. The van der Waals surface area contributed by atoms with Gasteiger partial charge in [-0.1, -0.05) is 25.4 Å². The van der Waals surface area contributed by atoms with Crippen molar-refractivity contribution in [2.45, 2.75) is 26.7 Å². The Morgan fingerprint density at radius 1 is 1.33 bits per heavy atom. The van der Waals surface area contributed by atoms with Crippen LogP contribution in [-0.2, 0) is 9.59 Å². The Labute approximate surface area is 147 Å². The summed E-state index contributed by atoms with van der Waals surface area (Å²) >= 11 is 5.97. The highest BCUT2D eigenvalue weighted by Gasteiger charge is 2.16. The van der Waals surface area contributed by atoms with Crippen molar-refractivity contribution in [2.24, 2.45) is 5.92 Å². The molecule has 0 saturated carbocycles. The predicted molar refractivity (Wildman–Crippen MR) is 94.8 cm³/mol. The van der Waals surface area contributed by atoms with E-state index in [2.05, 4.69) is 5.32 Å². The number of aliphatic carboxylic acids is 1.